The fraction of sp³-hybridized carbons (Fsp3) is 0.250. The predicted molar refractivity (Wildman–Crippen MR) is 65.0 cm³/mol. The lowest BCUT2D eigenvalue weighted by molar-refractivity contribution is 0.145. The van der Waals surface area contributed by atoms with Crippen molar-refractivity contribution in [2.24, 2.45) is 5.73 Å². The molecule has 0 aliphatic carbocycles. The Morgan fingerprint density at radius 3 is 3.06 bits per heavy atom. The van der Waals surface area contributed by atoms with Crippen molar-refractivity contribution in [1.82, 2.24) is 4.98 Å². The average Bonchev–Trinajstić information content (AvgIpc) is 2.92. The van der Waals surface area contributed by atoms with E-state index < -0.39 is 0 Å². The van der Waals surface area contributed by atoms with Gasteiger partial charge in [0, 0.05) is 23.6 Å². The van der Waals surface area contributed by atoms with Crippen molar-refractivity contribution in [1.29, 1.82) is 0 Å². The van der Waals surface area contributed by atoms with Gasteiger partial charge < -0.3 is 15.5 Å². The zero-order valence-electron chi connectivity index (χ0n) is 9.22. The number of nitrogens with two attached hydrogens (primary N) is 1. The van der Waals surface area contributed by atoms with E-state index in [1.807, 2.05) is 30.5 Å². The number of aromatic nitrogens is 1. The number of anilines is 1. The quantitative estimate of drug-likeness (QED) is 0.821. The van der Waals surface area contributed by atoms with Gasteiger partial charge in [-0.2, -0.15) is 0 Å². The van der Waals surface area contributed by atoms with Crippen molar-refractivity contribution in [3.8, 4) is 0 Å². The molecule has 1 amide bonds. The molecule has 1 unspecified atom stereocenters. The highest BCUT2D eigenvalue weighted by atomic mass is 16.6. The van der Waals surface area contributed by atoms with Crippen molar-refractivity contribution in [3.63, 3.8) is 0 Å². The Balaban J connectivity index is 2.02. The summed E-state index contributed by atoms with van der Waals surface area (Å²) in [5.74, 6) is 0. The van der Waals surface area contributed by atoms with E-state index in [1.54, 1.807) is 4.90 Å². The molecule has 1 saturated heterocycles. The van der Waals surface area contributed by atoms with E-state index in [0.29, 0.717) is 13.1 Å². The third-order valence-corrected chi connectivity index (χ3v) is 3.00. The second-order valence-electron chi connectivity index (χ2n) is 4.07. The summed E-state index contributed by atoms with van der Waals surface area (Å²) in [6.45, 7) is 0.863. The monoisotopic (exact) mass is 231 g/mol. The highest BCUT2D eigenvalue weighted by molar-refractivity contribution is 6.01. The van der Waals surface area contributed by atoms with Crippen LogP contribution in [0.2, 0.25) is 0 Å². The number of hydrogen-bond acceptors (Lipinski definition) is 3. The Labute approximate surface area is 98.2 Å². The van der Waals surface area contributed by atoms with Gasteiger partial charge in [0.15, 0.2) is 0 Å². The smallest absolute Gasteiger partial charge is 0.414 e. The van der Waals surface area contributed by atoms with Gasteiger partial charge >= 0.3 is 6.09 Å². The van der Waals surface area contributed by atoms with Crippen LogP contribution in [0.1, 0.15) is 0 Å². The van der Waals surface area contributed by atoms with E-state index >= 15 is 0 Å². The van der Waals surface area contributed by atoms with Crippen LogP contribution in [0.15, 0.2) is 30.5 Å². The topological polar surface area (TPSA) is 71.3 Å². The molecule has 5 nitrogen and oxygen atoms in total. The number of amides is 1. The van der Waals surface area contributed by atoms with E-state index in [4.69, 9.17) is 10.5 Å². The molecule has 0 radical (unpaired) electrons. The number of fused-ring (bicyclic) bond motifs is 1. The number of ether oxygens (including phenoxy) is 1. The standard InChI is InChI=1S/C12H13N3O2/c13-5-8-7-15(12(16)17-8)11-6-14-10-4-2-1-3-9(10)11/h1-4,6,8,14H,5,7,13H2. The summed E-state index contributed by atoms with van der Waals surface area (Å²) < 4.78 is 5.14. The highest BCUT2D eigenvalue weighted by Gasteiger charge is 2.32. The lowest BCUT2D eigenvalue weighted by Crippen LogP contribution is -2.27. The molecule has 1 aliphatic heterocycles. The average molecular weight is 231 g/mol. The second kappa shape index (κ2) is 3.78. The zero-order chi connectivity index (χ0) is 11.8. The SMILES string of the molecule is NCC1CN(c2c[nH]c3ccccc23)C(=O)O1. The largest absolute Gasteiger partial charge is 0.443 e. The molecule has 1 atom stereocenters. The van der Waals surface area contributed by atoms with Crippen LogP contribution in [0.5, 0.6) is 0 Å². The van der Waals surface area contributed by atoms with E-state index in [1.165, 1.54) is 0 Å². The van der Waals surface area contributed by atoms with Gasteiger partial charge in [-0.25, -0.2) is 4.79 Å². The third kappa shape index (κ3) is 1.55. The minimum atomic E-state index is -0.329. The molecule has 3 N–H and O–H groups in total. The molecule has 0 bridgehead atoms. The first-order valence-electron chi connectivity index (χ1n) is 5.54. The number of benzene rings is 1. The van der Waals surface area contributed by atoms with Crippen LogP contribution in [-0.2, 0) is 4.74 Å². The number of carbonyl (C=O) groups excluding carboxylic acids is 1. The Morgan fingerprint density at radius 1 is 1.47 bits per heavy atom. The Morgan fingerprint density at radius 2 is 2.29 bits per heavy atom. The summed E-state index contributed by atoms with van der Waals surface area (Å²) in [6.07, 6.45) is 1.28. The highest BCUT2D eigenvalue weighted by Crippen LogP contribution is 2.29. The van der Waals surface area contributed by atoms with Crippen LogP contribution in [0.3, 0.4) is 0 Å². The molecule has 1 fully saturated rings. The van der Waals surface area contributed by atoms with Crippen LogP contribution in [0, 0.1) is 0 Å². The minimum Gasteiger partial charge on any atom is -0.443 e. The number of rotatable bonds is 2. The molecule has 0 spiro atoms. The lowest BCUT2D eigenvalue weighted by Gasteiger charge is -2.10. The number of carbonyl (C=O) groups is 1. The minimum absolute atomic E-state index is 0.212. The fourth-order valence-corrected chi connectivity index (χ4v) is 2.12. The molecule has 0 saturated carbocycles. The summed E-state index contributed by atoms with van der Waals surface area (Å²) in [7, 11) is 0. The fourth-order valence-electron chi connectivity index (χ4n) is 2.12. The lowest BCUT2D eigenvalue weighted by atomic mass is 10.2. The molecular formula is C12H13N3O2. The van der Waals surface area contributed by atoms with Crippen molar-refractivity contribution in [3.05, 3.63) is 30.5 Å². The van der Waals surface area contributed by atoms with Gasteiger partial charge in [-0.05, 0) is 6.07 Å². The predicted octanol–water partition coefficient (Wildman–Crippen LogP) is 1.45. The number of H-pyrrole nitrogens is 1. The van der Waals surface area contributed by atoms with Gasteiger partial charge in [0.2, 0.25) is 0 Å². The first kappa shape index (κ1) is 10.2. The Kier molecular flexibility index (Phi) is 2.26. The van der Waals surface area contributed by atoms with E-state index in [-0.39, 0.29) is 12.2 Å². The van der Waals surface area contributed by atoms with Crippen molar-refractivity contribution >= 4 is 22.7 Å². The number of aromatic amines is 1. The second-order valence-corrected chi connectivity index (χ2v) is 4.07. The molecule has 1 aromatic carbocycles. The summed E-state index contributed by atoms with van der Waals surface area (Å²) in [5, 5.41) is 1.02. The summed E-state index contributed by atoms with van der Waals surface area (Å²) in [4.78, 5) is 16.5. The van der Waals surface area contributed by atoms with E-state index in [9.17, 15) is 4.79 Å². The molecule has 2 heterocycles. The maximum absolute atomic E-state index is 11.7. The van der Waals surface area contributed by atoms with Crippen molar-refractivity contribution in [2.75, 3.05) is 18.0 Å². The van der Waals surface area contributed by atoms with Gasteiger partial charge in [0.25, 0.3) is 0 Å². The molecule has 5 heteroatoms. The number of para-hydroxylation sites is 1. The first-order chi connectivity index (χ1) is 8.29. The zero-order valence-corrected chi connectivity index (χ0v) is 9.22. The van der Waals surface area contributed by atoms with Crippen molar-refractivity contribution in [2.45, 2.75) is 6.10 Å². The number of nitrogens with zero attached hydrogens (tertiary/aromatic N) is 1. The molecule has 1 aliphatic rings. The Hall–Kier alpha value is -2.01. The van der Waals surface area contributed by atoms with E-state index in [2.05, 4.69) is 4.98 Å². The van der Waals surface area contributed by atoms with Gasteiger partial charge in [-0.3, -0.25) is 4.90 Å². The van der Waals surface area contributed by atoms with Crippen LogP contribution in [0.25, 0.3) is 10.9 Å². The molecule has 2 aromatic rings. The maximum atomic E-state index is 11.7. The van der Waals surface area contributed by atoms with Crippen LogP contribution in [-0.4, -0.2) is 30.3 Å². The summed E-state index contributed by atoms with van der Waals surface area (Å²) >= 11 is 0. The first-order valence-corrected chi connectivity index (χ1v) is 5.54. The molecule has 17 heavy (non-hydrogen) atoms. The van der Waals surface area contributed by atoms with Crippen LogP contribution < -0.4 is 10.6 Å². The third-order valence-electron chi connectivity index (χ3n) is 3.00. The molecule has 3 rings (SSSR count). The van der Waals surface area contributed by atoms with Gasteiger partial charge in [-0.1, -0.05) is 18.2 Å². The molecule has 88 valence electrons. The maximum Gasteiger partial charge on any atom is 0.414 e. The Bertz CT molecular complexity index is 564. The molecular weight excluding hydrogens is 218 g/mol. The van der Waals surface area contributed by atoms with Crippen molar-refractivity contribution < 1.29 is 9.53 Å². The molecule has 1 aromatic heterocycles. The van der Waals surface area contributed by atoms with Crippen LogP contribution in [0.4, 0.5) is 10.5 Å². The summed E-state index contributed by atoms with van der Waals surface area (Å²) in [5.41, 5.74) is 7.37. The van der Waals surface area contributed by atoms with Gasteiger partial charge in [0.1, 0.15) is 6.10 Å². The van der Waals surface area contributed by atoms with Crippen LogP contribution >= 0.6 is 0 Å². The van der Waals surface area contributed by atoms with Gasteiger partial charge in [0.05, 0.1) is 12.2 Å². The normalized spacial score (nSPS) is 19.9. The van der Waals surface area contributed by atoms with Gasteiger partial charge in [-0.15, -0.1) is 0 Å². The number of cyclic esters (lactones) is 1. The van der Waals surface area contributed by atoms with E-state index in [0.717, 1.165) is 16.6 Å². The number of hydrogen-bond donors (Lipinski definition) is 2. The summed E-state index contributed by atoms with van der Waals surface area (Å²) in [6, 6.07) is 7.85. The number of nitrogens with one attached hydrogen (secondary N) is 1.